The van der Waals surface area contributed by atoms with E-state index in [1.807, 2.05) is 18.0 Å². The molecule has 3 N–H and O–H groups in total. The lowest BCUT2D eigenvalue weighted by Gasteiger charge is -2.24. The Morgan fingerprint density at radius 1 is 1.41 bits per heavy atom. The van der Waals surface area contributed by atoms with Gasteiger partial charge in [0.1, 0.15) is 5.84 Å². The van der Waals surface area contributed by atoms with Gasteiger partial charge in [-0.15, -0.1) is 0 Å². The Kier molecular flexibility index (Phi) is 5.07. The third kappa shape index (κ3) is 4.18. The van der Waals surface area contributed by atoms with Gasteiger partial charge in [0.2, 0.25) is 0 Å². The normalized spacial score (nSPS) is 20.4. The molecule has 2 atom stereocenters. The lowest BCUT2D eigenvalue weighted by molar-refractivity contribution is -0.137. The molecule has 144 valence electrons. The average Bonchev–Trinajstić information content (AvgIpc) is 2.92. The molecular weight excluding hydrogens is 425 g/mol. The maximum Gasteiger partial charge on any atom is 0.416 e. The van der Waals surface area contributed by atoms with Gasteiger partial charge in [0.25, 0.3) is 5.91 Å². The van der Waals surface area contributed by atoms with E-state index in [-0.39, 0.29) is 17.3 Å². The zero-order valence-corrected chi connectivity index (χ0v) is 16.2. The number of nitrogens with zero attached hydrogens (tertiary/aromatic N) is 2. The van der Waals surface area contributed by atoms with Crippen LogP contribution in [0.1, 0.15) is 31.0 Å². The van der Waals surface area contributed by atoms with Gasteiger partial charge in [0.15, 0.2) is 0 Å². The number of nitrogens with two attached hydrogens (primary N) is 1. The molecule has 2 heterocycles. The summed E-state index contributed by atoms with van der Waals surface area (Å²) in [4.78, 5) is 19.1. The number of allylic oxidation sites excluding steroid dienone is 2. The van der Waals surface area contributed by atoms with Gasteiger partial charge < -0.3 is 16.0 Å². The maximum atomic E-state index is 13.0. The fourth-order valence-corrected chi connectivity index (χ4v) is 3.51. The molecule has 2 aliphatic heterocycles. The van der Waals surface area contributed by atoms with E-state index >= 15 is 0 Å². The molecule has 2 aliphatic rings. The van der Waals surface area contributed by atoms with Gasteiger partial charge in [-0.25, -0.2) is 0 Å². The summed E-state index contributed by atoms with van der Waals surface area (Å²) in [6, 6.07) is 2.67. The van der Waals surface area contributed by atoms with E-state index < -0.39 is 23.7 Å². The van der Waals surface area contributed by atoms with E-state index in [1.54, 1.807) is 13.0 Å². The maximum absolute atomic E-state index is 13.0. The molecule has 27 heavy (non-hydrogen) atoms. The van der Waals surface area contributed by atoms with E-state index in [1.165, 1.54) is 6.07 Å². The molecule has 0 spiro atoms. The van der Waals surface area contributed by atoms with Crippen LogP contribution in [0.2, 0.25) is 0 Å². The van der Waals surface area contributed by atoms with Crippen molar-refractivity contribution in [2.45, 2.75) is 32.1 Å². The molecule has 3 rings (SSSR count). The Morgan fingerprint density at radius 2 is 2.11 bits per heavy atom. The summed E-state index contributed by atoms with van der Waals surface area (Å²) in [5.41, 5.74) is 5.39. The summed E-state index contributed by atoms with van der Waals surface area (Å²) in [6.07, 6.45) is -1.02. The van der Waals surface area contributed by atoms with Gasteiger partial charge in [0.05, 0.1) is 23.2 Å². The van der Waals surface area contributed by atoms with Crippen LogP contribution in [0.4, 0.5) is 18.9 Å². The minimum absolute atomic E-state index is 0.0105. The molecule has 9 heteroatoms. The standard InChI is InChI=1S/C18H18BrF3N4O/c1-9-7-26-8-13(19)6-15(16(26)24-9)17(27)25-10(2)11-3-12(18(20,21)22)5-14(23)4-11/h3-6,8-10H,7,23H2,1-2H3,(H,25,27)/t9-,10-/m1/s1. The number of halogens is 4. The number of fused-ring (bicyclic) bond motifs is 1. The third-order valence-corrected chi connectivity index (χ3v) is 4.71. The topological polar surface area (TPSA) is 70.7 Å². The Balaban J connectivity index is 1.83. The smallest absolute Gasteiger partial charge is 0.399 e. The fourth-order valence-electron chi connectivity index (χ4n) is 3.04. The monoisotopic (exact) mass is 442 g/mol. The van der Waals surface area contributed by atoms with Crippen molar-refractivity contribution in [2.24, 2.45) is 4.99 Å². The predicted octanol–water partition coefficient (Wildman–Crippen LogP) is 3.74. The third-order valence-electron chi connectivity index (χ3n) is 4.28. The zero-order chi connectivity index (χ0) is 19.9. The molecule has 5 nitrogen and oxygen atoms in total. The molecule has 1 amide bonds. The Morgan fingerprint density at radius 3 is 2.78 bits per heavy atom. The van der Waals surface area contributed by atoms with Crippen LogP contribution in [-0.2, 0) is 11.0 Å². The van der Waals surface area contributed by atoms with Crippen LogP contribution < -0.4 is 11.1 Å². The lowest BCUT2D eigenvalue weighted by atomic mass is 10.0. The number of carbonyl (C=O) groups is 1. The highest BCUT2D eigenvalue weighted by Gasteiger charge is 2.33. The SMILES string of the molecule is C[C@@H]1CN2C=C(Br)C=C(C(=O)N[C@H](C)c3cc(N)cc(C(F)(F)F)c3)C2=N1. The fraction of sp³-hybridized carbons (Fsp3) is 0.333. The van der Waals surface area contributed by atoms with Crippen molar-refractivity contribution in [1.29, 1.82) is 0 Å². The van der Waals surface area contributed by atoms with Crippen molar-refractivity contribution in [1.82, 2.24) is 10.2 Å². The molecule has 0 saturated heterocycles. The van der Waals surface area contributed by atoms with Gasteiger partial charge in [-0.05, 0) is 59.6 Å². The van der Waals surface area contributed by atoms with E-state index in [0.717, 1.165) is 16.6 Å². The van der Waals surface area contributed by atoms with Gasteiger partial charge in [-0.2, -0.15) is 13.2 Å². The van der Waals surface area contributed by atoms with Crippen molar-refractivity contribution in [3.05, 3.63) is 51.7 Å². The van der Waals surface area contributed by atoms with Crippen LogP contribution in [0.25, 0.3) is 0 Å². The van der Waals surface area contributed by atoms with Gasteiger partial charge in [0, 0.05) is 22.9 Å². The van der Waals surface area contributed by atoms with E-state index in [9.17, 15) is 18.0 Å². The second-order valence-corrected chi connectivity index (χ2v) is 7.52. The highest BCUT2D eigenvalue weighted by molar-refractivity contribution is 9.11. The molecule has 0 radical (unpaired) electrons. The molecule has 1 aromatic rings. The lowest BCUT2D eigenvalue weighted by Crippen LogP contribution is -2.36. The number of hydrogen-bond donors (Lipinski definition) is 2. The minimum atomic E-state index is -4.51. The van der Waals surface area contributed by atoms with Crippen molar-refractivity contribution < 1.29 is 18.0 Å². The summed E-state index contributed by atoms with van der Waals surface area (Å²) in [7, 11) is 0. The van der Waals surface area contributed by atoms with E-state index in [4.69, 9.17) is 5.73 Å². The quantitative estimate of drug-likeness (QED) is 0.700. The summed E-state index contributed by atoms with van der Waals surface area (Å²) < 4.78 is 39.7. The molecule has 0 fully saturated rings. The summed E-state index contributed by atoms with van der Waals surface area (Å²) in [5.74, 6) is 0.139. The van der Waals surface area contributed by atoms with Crippen molar-refractivity contribution in [3.8, 4) is 0 Å². The zero-order valence-electron chi connectivity index (χ0n) is 14.6. The summed E-state index contributed by atoms with van der Waals surface area (Å²) >= 11 is 3.37. The molecule has 0 saturated carbocycles. The molecule has 0 unspecified atom stereocenters. The Bertz CT molecular complexity index is 876. The highest BCUT2D eigenvalue weighted by Crippen LogP contribution is 2.33. The van der Waals surface area contributed by atoms with E-state index in [2.05, 4.69) is 26.2 Å². The Labute approximate surface area is 162 Å². The number of nitrogens with one attached hydrogen (secondary N) is 1. The number of hydrogen-bond acceptors (Lipinski definition) is 4. The number of amidine groups is 1. The molecule has 1 aromatic carbocycles. The number of nitrogen functional groups attached to an aromatic ring is 1. The first-order valence-electron chi connectivity index (χ1n) is 8.27. The number of carbonyl (C=O) groups excluding carboxylic acids is 1. The van der Waals surface area contributed by atoms with Gasteiger partial charge >= 0.3 is 6.18 Å². The first kappa shape index (κ1) is 19.5. The summed E-state index contributed by atoms with van der Waals surface area (Å²) in [6.45, 7) is 4.21. The minimum Gasteiger partial charge on any atom is -0.399 e. The number of anilines is 1. The molecule has 0 aliphatic carbocycles. The van der Waals surface area contributed by atoms with Crippen LogP contribution >= 0.6 is 15.9 Å². The molecular formula is C18H18BrF3N4O. The first-order chi connectivity index (χ1) is 12.5. The number of benzene rings is 1. The predicted molar refractivity (Wildman–Crippen MR) is 101 cm³/mol. The van der Waals surface area contributed by atoms with Gasteiger partial charge in [-0.1, -0.05) is 0 Å². The van der Waals surface area contributed by atoms with Crippen LogP contribution in [-0.4, -0.2) is 29.2 Å². The molecule has 0 bridgehead atoms. The number of rotatable bonds is 3. The Hall–Kier alpha value is -2.29. The number of amides is 1. The second kappa shape index (κ2) is 7.03. The highest BCUT2D eigenvalue weighted by atomic mass is 79.9. The van der Waals surface area contributed by atoms with E-state index in [0.29, 0.717) is 18.0 Å². The summed E-state index contributed by atoms with van der Waals surface area (Å²) in [5, 5.41) is 2.73. The van der Waals surface area contributed by atoms with Gasteiger partial charge in [-0.3, -0.25) is 9.79 Å². The van der Waals surface area contributed by atoms with Crippen molar-refractivity contribution in [3.63, 3.8) is 0 Å². The van der Waals surface area contributed by atoms with Crippen LogP contribution in [0.15, 0.2) is 45.5 Å². The number of alkyl halides is 3. The second-order valence-electron chi connectivity index (χ2n) is 6.61. The average molecular weight is 443 g/mol. The number of aliphatic imine (C=N–C) groups is 1. The van der Waals surface area contributed by atoms with Crippen molar-refractivity contribution in [2.75, 3.05) is 12.3 Å². The van der Waals surface area contributed by atoms with Crippen molar-refractivity contribution >= 4 is 33.4 Å². The molecule has 0 aromatic heterocycles. The van der Waals surface area contributed by atoms with Crippen LogP contribution in [0.5, 0.6) is 0 Å². The van der Waals surface area contributed by atoms with Crippen LogP contribution in [0.3, 0.4) is 0 Å². The largest absolute Gasteiger partial charge is 0.416 e. The van der Waals surface area contributed by atoms with Crippen LogP contribution in [0, 0.1) is 0 Å². The first-order valence-corrected chi connectivity index (χ1v) is 9.06.